The Morgan fingerprint density at radius 2 is 2.40 bits per heavy atom. The van der Waals surface area contributed by atoms with Crippen molar-refractivity contribution in [2.45, 2.75) is 0 Å². The van der Waals surface area contributed by atoms with Crippen LogP contribution < -0.4 is 4.65 Å². The van der Waals surface area contributed by atoms with E-state index < -0.39 is 5.95 Å². The first kappa shape index (κ1) is 6.86. The Morgan fingerprint density at radius 3 is 2.90 bits per heavy atom. The second kappa shape index (κ2) is 3.05. The topological polar surface area (TPSA) is 39.2 Å². The van der Waals surface area contributed by atoms with Gasteiger partial charge in [-0.15, -0.1) is 0 Å². The molecule has 0 aliphatic carbocycles. The van der Waals surface area contributed by atoms with Crippen LogP contribution in [0.5, 0.6) is 5.75 Å². The number of hydrogen-bond acceptors (Lipinski definition) is 3. The molecule has 3 nitrogen and oxygen atoms in total. The molecular weight excluding hydrogens is 136 g/mol. The Balaban J connectivity index is 2.78. The molecule has 1 aromatic heterocycles. The van der Waals surface area contributed by atoms with Gasteiger partial charge >= 0.3 is 56.1 Å². The van der Waals surface area contributed by atoms with E-state index >= 15 is 0 Å². The number of hydrogen-bond donors (Lipinski definition) is 0. The van der Waals surface area contributed by atoms with Crippen molar-refractivity contribution in [3.05, 3.63) is 24.3 Å². The van der Waals surface area contributed by atoms with Gasteiger partial charge in [-0.2, -0.15) is 0 Å². The van der Waals surface area contributed by atoms with E-state index in [2.05, 4.69) is 9.64 Å². The predicted molar refractivity (Wildman–Crippen MR) is 31.3 cm³/mol. The van der Waals surface area contributed by atoms with Crippen LogP contribution in [-0.2, 0) is 4.70 Å². The maximum absolute atomic E-state index is 12.1. The van der Waals surface area contributed by atoms with E-state index in [4.69, 9.17) is 0 Å². The van der Waals surface area contributed by atoms with Gasteiger partial charge in [0.15, 0.2) is 0 Å². The first-order valence-corrected chi connectivity index (χ1v) is 2.55. The van der Waals surface area contributed by atoms with Crippen LogP contribution in [0.2, 0.25) is 0 Å². The number of nitrogens with zero attached hydrogens (tertiary/aromatic N) is 1. The molecule has 0 aromatic carbocycles. The fourth-order valence-electron chi connectivity index (χ4n) is 0.488. The van der Waals surface area contributed by atoms with Crippen molar-refractivity contribution in [1.29, 1.82) is 0 Å². The Labute approximate surface area is 57.1 Å². The maximum atomic E-state index is 12.1. The van der Waals surface area contributed by atoms with Gasteiger partial charge in [0.05, 0.1) is 0 Å². The van der Waals surface area contributed by atoms with E-state index in [-0.39, 0.29) is 13.1 Å². The number of aromatic nitrogens is 1. The molecule has 0 N–H and O–H groups in total. The number of halogens is 1. The average molecular weight is 139 g/mol. The van der Waals surface area contributed by atoms with E-state index in [9.17, 15) is 9.10 Å². The van der Waals surface area contributed by atoms with Crippen molar-refractivity contribution in [2.75, 3.05) is 0 Å². The molecule has 0 amide bonds. The molecule has 0 saturated heterocycles. The summed E-state index contributed by atoms with van der Waals surface area (Å²) in [6, 6.07) is 2.43. The third kappa shape index (κ3) is 1.61. The van der Waals surface area contributed by atoms with Crippen LogP contribution in [0.1, 0.15) is 0 Å². The van der Waals surface area contributed by atoms with Gasteiger partial charge in [0.25, 0.3) is 0 Å². The molecule has 0 aliphatic heterocycles. The van der Waals surface area contributed by atoms with Gasteiger partial charge in [-0.1, -0.05) is 0 Å². The summed E-state index contributed by atoms with van der Waals surface area (Å²) in [4.78, 5) is 3.25. The van der Waals surface area contributed by atoms with Crippen molar-refractivity contribution < 1.29 is 13.7 Å². The molecule has 0 radical (unpaired) electrons. The Kier molecular flexibility index (Phi) is 2.09. The van der Waals surface area contributed by atoms with Crippen LogP contribution in [0, 0.1) is 5.95 Å². The zero-order valence-corrected chi connectivity index (χ0v) is 4.95. The molecule has 0 fully saturated rings. The van der Waals surface area contributed by atoms with E-state index in [0.717, 1.165) is 12.3 Å². The second-order valence-corrected chi connectivity index (χ2v) is 1.53. The predicted octanol–water partition coefficient (Wildman–Crippen LogP) is 0.564. The standard InChI is InChI=1S/C5H3BFNO2/c7-5-2-1-4(3-8-5)10-6-9/h1-3H. The van der Waals surface area contributed by atoms with E-state index in [1.165, 1.54) is 6.07 Å². The molecule has 1 rings (SSSR count). The Bertz CT molecular complexity index is 226. The molecule has 5 heteroatoms. The fourth-order valence-corrected chi connectivity index (χ4v) is 0.488. The summed E-state index contributed by atoms with van der Waals surface area (Å²) in [6.45, 7) is 0. The van der Waals surface area contributed by atoms with Crippen LogP contribution >= 0.6 is 0 Å². The third-order valence-corrected chi connectivity index (χ3v) is 0.884. The molecule has 1 aromatic rings. The molecule has 0 bridgehead atoms. The molecule has 0 unspecified atom stereocenters. The van der Waals surface area contributed by atoms with Gasteiger partial charge in [0.2, 0.25) is 0 Å². The van der Waals surface area contributed by atoms with Gasteiger partial charge in [0.1, 0.15) is 0 Å². The second-order valence-electron chi connectivity index (χ2n) is 1.53. The van der Waals surface area contributed by atoms with Crippen molar-refractivity contribution in [1.82, 2.24) is 4.98 Å². The molecule has 0 aliphatic rings. The molecule has 50 valence electrons. The quantitative estimate of drug-likeness (QED) is 0.443. The van der Waals surface area contributed by atoms with Crippen LogP contribution in [0.3, 0.4) is 0 Å². The van der Waals surface area contributed by atoms with Crippen molar-refractivity contribution in [2.24, 2.45) is 0 Å². The van der Waals surface area contributed by atoms with Crippen molar-refractivity contribution >= 4 is 7.35 Å². The Hall–Kier alpha value is -1.26. The third-order valence-electron chi connectivity index (χ3n) is 0.884. The summed E-state index contributed by atoms with van der Waals surface area (Å²) in [5.74, 6) is -0.366. The summed E-state index contributed by atoms with van der Waals surface area (Å²) in [5.41, 5.74) is 0. The fraction of sp³-hybridized carbons (Fsp3) is 0. The van der Waals surface area contributed by atoms with Gasteiger partial charge in [0, 0.05) is 0 Å². The zero-order valence-electron chi connectivity index (χ0n) is 4.95. The molecule has 1 heterocycles. The molecule has 0 atom stereocenters. The average Bonchev–Trinajstić information content (AvgIpc) is 1.95. The van der Waals surface area contributed by atoms with Crippen LogP contribution in [0.25, 0.3) is 0 Å². The van der Waals surface area contributed by atoms with E-state index in [1.807, 2.05) is 0 Å². The summed E-state index contributed by atoms with van der Waals surface area (Å²) < 4.78 is 26.1. The summed E-state index contributed by atoms with van der Waals surface area (Å²) in [6.07, 6.45) is 1.13. The van der Waals surface area contributed by atoms with Gasteiger partial charge < -0.3 is 0 Å². The van der Waals surface area contributed by atoms with Gasteiger partial charge in [-0.25, -0.2) is 0 Å². The minimum atomic E-state index is -0.599. The first-order valence-electron chi connectivity index (χ1n) is 2.55. The normalized spacial score (nSPS) is 8.50. The van der Waals surface area contributed by atoms with Gasteiger partial charge in [-0.3, -0.25) is 0 Å². The van der Waals surface area contributed by atoms with Crippen molar-refractivity contribution in [3.63, 3.8) is 0 Å². The van der Waals surface area contributed by atoms with Crippen LogP contribution in [0.4, 0.5) is 4.39 Å². The van der Waals surface area contributed by atoms with Crippen LogP contribution in [-0.4, -0.2) is 12.3 Å². The number of rotatable bonds is 2. The molecule has 0 spiro atoms. The summed E-state index contributed by atoms with van der Waals surface area (Å²) in [5, 5.41) is 0. The first-order chi connectivity index (χ1) is 4.83. The number of pyridine rings is 1. The summed E-state index contributed by atoms with van der Waals surface area (Å²) >= 11 is 0. The molecular formula is C5H3BFNO2. The molecule has 0 saturated carbocycles. The van der Waals surface area contributed by atoms with Crippen molar-refractivity contribution in [3.8, 4) is 5.75 Å². The van der Waals surface area contributed by atoms with E-state index in [1.54, 1.807) is 0 Å². The summed E-state index contributed by atoms with van der Waals surface area (Å²) in [7, 11) is 0.259. The Morgan fingerprint density at radius 1 is 1.60 bits per heavy atom. The SMILES string of the molecule is O=BOc1ccc(F)nc1. The van der Waals surface area contributed by atoms with Crippen LogP contribution in [0.15, 0.2) is 18.3 Å². The minimum absolute atomic E-state index is 0.233. The zero-order chi connectivity index (χ0) is 7.40. The van der Waals surface area contributed by atoms with Gasteiger partial charge in [-0.05, 0) is 0 Å². The molecule has 10 heavy (non-hydrogen) atoms. The monoisotopic (exact) mass is 139 g/mol. The van der Waals surface area contributed by atoms with E-state index in [0.29, 0.717) is 0 Å².